The molecule has 0 bridgehead atoms. The highest BCUT2D eigenvalue weighted by atomic mass is 35.5. The van der Waals surface area contributed by atoms with E-state index in [0.29, 0.717) is 40.0 Å². The molecule has 1 saturated heterocycles. The summed E-state index contributed by atoms with van der Waals surface area (Å²) in [5.41, 5.74) is 2.06. The van der Waals surface area contributed by atoms with E-state index in [0.717, 1.165) is 25.0 Å². The molecule has 3 aromatic carbocycles. The average molecular weight is 561 g/mol. The molecule has 1 aromatic heterocycles. The second kappa shape index (κ2) is 12.2. The van der Waals surface area contributed by atoms with Gasteiger partial charge in [0.05, 0.1) is 25.1 Å². The highest BCUT2D eigenvalue weighted by Crippen LogP contribution is 2.31. The molecule has 0 spiro atoms. The van der Waals surface area contributed by atoms with Crippen LogP contribution in [0.5, 0.6) is 17.2 Å². The molecule has 0 aliphatic carbocycles. The van der Waals surface area contributed by atoms with Crippen LogP contribution in [0.4, 0.5) is 11.4 Å². The number of ether oxygens (including phenoxy) is 3. The summed E-state index contributed by atoms with van der Waals surface area (Å²) < 4.78 is 18.2. The van der Waals surface area contributed by atoms with Crippen LogP contribution in [0.2, 0.25) is 5.02 Å². The summed E-state index contributed by atoms with van der Waals surface area (Å²) in [6.07, 6.45) is 3.44. The number of carbonyl (C=O) groups is 1. The van der Waals surface area contributed by atoms with E-state index in [9.17, 15) is 9.59 Å². The average Bonchev–Trinajstić information content (AvgIpc) is 3.50. The van der Waals surface area contributed by atoms with Crippen molar-refractivity contribution in [1.82, 2.24) is 15.1 Å². The minimum atomic E-state index is -0.443. The maximum atomic E-state index is 13.7. The van der Waals surface area contributed by atoms with Gasteiger partial charge in [-0.3, -0.25) is 9.59 Å². The van der Waals surface area contributed by atoms with Crippen LogP contribution in [-0.4, -0.2) is 42.1 Å². The minimum Gasteiger partial charge on any atom is -0.497 e. The van der Waals surface area contributed by atoms with Gasteiger partial charge in [-0.25, -0.2) is 0 Å². The predicted molar refractivity (Wildman–Crippen MR) is 154 cm³/mol. The van der Waals surface area contributed by atoms with Gasteiger partial charge in [-0.15, -0.1) is 0 Å². The van der Waals surface area contributed by atoms with E-state index in [2.05, 4.69) is 15.7 Å². The lowest BCUT2D eigenvalue weighted by Gasteiger charge is -2.16. The Morgan fingerprint density at radius 3 is 2.65 bits per heavy atom. The molecular weight excluding hydrogens is 532 g/mol. The SMILES string of the molecule is COc1ccc(-n2ncc(Oc3ccc(Cl)c(C)c3)c(Nc3cccc(C(=O)NC[C@@H]4CCCO4)c3)c2=O)cc1. The van der Waals surface area contributed by atoms with E-state index in [1.165, 1.54) is 10.9 Å². The second-order valence-corrected chi connectivity index (χ2v) is 9.77. The van der Waals surface area contributed by atoms with E-state index in [-0.39, 0.29) is 23.4 Å². The maximum Gasteiger partial charge on any atom is 0.299 e. The smallest absolute Gasteiger partial charge is 0.299 e. The quantitative estimate of drug-likeness (QED) is 0.273. The van der Waals surface area contributed by atoms with Crippen LogP contribution < -0.4 is 25.7 Å². The maximum absolute atomic E-state index is 13.7. The fraction of sp³-hybridized carbons (Fsp3) is 0.233. The van der Waals surface area contributed by atoms with Gasteiger partial charge in [0.15, 0.2) is 11.4 Å². The number of benzene rings is 3. The third kappa shape index (κ3) is 6.27. The molecule has 9 nitrogen and oxygen atoms in total. The van der Waals surface area contributed by atoms with Crippen molar-refractivity contribution >= 4 is 28.9 Å². The first kappa shape index (κ1) is 27.2. The summed E-state index contributed by atoms with van der Waals surface area (Å²) in [6, 6.07) is 19.1. The van der Waals surface area contributed by atoms with E-state index in [1.807, 2.05) is 6.92 Å². The summed E-state index contributed by atoms with van der Waals surface area (Å²) in [5.74, 6) is 1.14. The van der Waals surface area contributed by atoms with Gasteiger partial charge in [0.2, 0.25) is 0 Å². The summed E-state index contributed by atoms with van der Waals surface area (Å²) in [6.45, 7) is 3.04. The molecule has 2 heterocycles. The zero-order chi connectivity index (χ0) is 28.1. The Morgan fingerprint density at radius 2 is 1.93 bits per heavy atom. The van der Waals surface area contributed by atoms with Crippen molar-refractivity contribution in [1.29, 1.82) is 0 Å². The Hall–Kier alpha value is -4.34. The fourth-order valence-corrected chi connectivity index (χ4v) is 4.46. The van der Waals surface area contributed by atoms with Crippen molar-refractivity contribution < 1.29 is 19.0 Å². The molecule has 4 aromatic rings. The largest absolute Gasteiger partial charge is 0.497 e. The zero-order valence-corrected chi connectivity index (χ0v) is 22.9. The molecule has 2 N–H and O–H groups in total. The number of halogens is 1. The Labute approximate surface area is 236 Å². The van der Waals surface area contributed by atoms with E-state index in [1.54, 1.807) is 73.8 Å². The van der Waals surface area contributed by atoms with Crippen molar-refractivity contribution in [3.63, 3.8) is 0 Å². The summed E-state index contributed by atoms with van der Waals surface area (Å²) in [4.78, 5) is 26.6. The third-order valence-corrected chi connectivity index (χ3v) is 6.95. The molecule has 5 rings (SSSR count). The van der Waals surface area contributed by atoms with Crippen molar-refractivity contribution in [3.05, 3.63) is 99.4 Å². The first-order valence-electron chi connectivity index (χ1n) is 12.9. The van der Waals surface area contributed by atoms with Crippen molar-refractivity contribution in [2.45, 2.75) is 25.9 Å². The highest BCUT2D eigenvalue weighted by Gasteiger charge is 2.19. The number of aryl methyl sites for hydroxylation is 1. The van der Waals surface area contributed by atoms with Gasteiger partial charge in [0.1, 0.15) is 11.5 Å². The molecule has 1 aliphatic rings. The number of carbonyl (C=O) groups excluding carboxylic acids is 1. The topological polar surface area (TPSA) is 104 Å². The van der Waals surface area contributed by atoms with Gasteiger partial charge in [-0.05, 0) is 86.0 Å². The molecule has 1 aliphatic heterocycles. The number of nitrogens with zero attached hydrogens (tertiary/aromatic N) is 2. The summed E-state index contributed by atoms with van der Waals surface area (Å²) in [5, 5.41) is 11.0. The Balaban J connectivity index is 1.47. The highest BCUT2D eigenvalue weighted by molar-refractivity contribution is 6.31. The molecule has 1 fully saturated rings. The van der Waals surface area contributed by atoms with Crippen LogP contribution >= 0.6 is 11.6 Å². The molecule has 10 heteroatoms. The van der Waals surface area contributed by atoms with Crippen LogP contribution in [-0.2, 0) is 4.74 Å². The van der Waals surface area contributed by atoms with Gasteiger partial charge >= 0.3 is 0 Å². The lowest BCUT2D eigenvalue weighted by molar-refractivity contribution is 0.0858. The van der Waals surface area contributed by atoms with Gasteiger partial charge < -0.3 is 24.8 Å². The number of hydrogen-bond donors (Lipinski definition) is 2. The summed E-state index contributed by atoms with van der Waals surface area (Å²) >= 11 is 6.18. The van der Waals surface area contributed by atoms with Crippen LogP contribution in [0.3, 0.4) is 0 Å². The standard InChI is InChI=1S/C30H29ClN4O5/c1-19-15-24(12-13-26(19)31)40-27-18-33-35(22-8-10-23(38-2)11-9-22)30(37)28(27)34-21-6-3-5-20(16-21)29(36)32-17-25-7-4-14-39-25/h3,5-6,8-13,15-16,18,25,34H,4,7,14,17H2,1-2H3,(H,32,36)/t25-/m0/s1. The van der Waals surface area contributed by atoms with Crippen LogP contribution in [0, 0.1) is 6.92 Å². The number of nitrogens with one attached hydrogen (secondary N) is 2. The van der Waals surface area contributed by atoms with Gasteiger partial charge in [-0.1, -0.05) is 17.7 Å². The molecule has 1 amide bonds. The summed E-state index contributed by atoms with van der Waals surface area (Å²) in [7, 11) is 1.57. The first-order chi connectivity index (χ1) is 19.4. The van der Waals surface area contributed by atoms with Crippen LogP contribution in [0.25, 0.3) is 5.69 Å². The Kier molecular flexibility index (Phi) is 8.33. The lowest BCUT2D eigenvalue weighted by atomic mass is 10.1. The van der Waals surface area contributed by atoms with E-state index >= 15 is 0 Å². The fourth-order valence-electron chi connectivity index (χ4n) is 4.34. The number of amides is 1. The number of methoxy groups -OCH3 is 1. The molecule has 0 saturated carbocycles. The minimum absolute atomic E-state index is 0.0368. The Bertz CT molecular complexity index is 1570. The van der Waals surface area contributed by atoms with Crippen LogP contribution in [0.15, 0.2) is 77.7 Å². The molecular formula is C30H29ClN4O5. The number of hydrogen-bond acceptors (Lipinski definition) is 7. The molecule has 0 radical (unpaired) electrons. The monoisotopic (exact) mass is 560 g/mol. The number of anilines is 2. The van der Waals surface area contributed by atoms with Gasteiger partial charge in [0.25, 0.3) is 11.5 Å². The second-order valence-electron chi connectivity index (χ2n) is 9.36. The molecule has 40 heavy (non-hydrogen) atoms. The Morgan fingerprint density at radius 1 is 1.12 bits per heavy atom. The normalized spacial score (nSPS) is 14.5. The van der Waals surface area contributed by atoms with E-state index < -0.39 is 5.56 Å². The first-order valence-corrected chi connectivity index (χ1v) is 13.3. The zero-order valence-electron chi connectivity index (χ0n) is 22.1. The van der Waals surface area contributed by atoms with Crippen molar-refractivity contribution in [3.8, 4) is 22.9 Å². The third-order valence-electron chi connectivity index (χ3n) is 6.53. The van der Waals surface area contributed by atoms with Crippen LogP contribution in [0.1, 0.15) is 28.8 Å². The van der Waals surface area contributed by atoms with E-state index in [4.69, 9.17) is 25.8 Å². The molecule has 206 valence electrons. The van der Waals surface area contributed by atoms with Gasteiger partial charge in [-0.2, -0.15) is 9.78 Å². The predicted octanol–water partition coefficient (Wildman–Crippen LogP) is 5.65. The van der Waals surface area contributed by atoms with Crippen molar-refractivity contribution in [2.24, 2.45) is 0 Å². The lowest BCUT2D eigenvalue weighted by Crippen LogP contribution is -2.31. The van der Waals surface area contributed by atoms with Crippen molar-refractivity contribution in [2.75, 3.05) is 25.6 Å². The van der Waals surface area contributed by atoms with Gasteiger partial charge in [0, 0.05) is 29.4 Å². The molecule has 0 unspecified atom stereocenters. The number of aromatic nitrogens is 2. The number of rotatable bonds is 9. The molecule has 1 atom stereocenters.